The lowest BCUT2D eigenvalue weighted by molar-refractivity contribution is 0.661. The van der Waals surface area contributed by atoms with E-state index in [4.69, 9.17) is 5.41 Å². The first kappa shape index (κ1) is 18.4. The number of rotatable bonds is 2. The predicted octanol–water partition coefficient (Wildman–Crippen LogP) is 7.14. The highest BCUT2D eigenvalue weighted by molar-refractivity contribution is 5.97. The van der Waals surface area contributed by atoms with Gasteiger partial charge in [0.1, 0.15) is 0 Å². The van der Waals surface area contributed by atoms with Gasteiger partial charge in [-0.25, -0.2) is 0 Å². The Morgan fingerprint density at radius 2 is 1.81 bits per heavy atom. The average molecular weight is 403 g/mol. The summed E-state index contributed by atoms with van der Waals surface area (Å²) in [5.74, 6) is 0.540. The molecule has 4 aromatic rings. The van der Waals surface area contributed by atoms with Gasteiger partial charge in [0.05, 0.1) is 5.52 Å². The molecule has 1 heterocycles. The summed E-state index contributed by atoms with van der Waals surface area (Å²) in [5, 5.41) is 9.09. The largest absolute Gasteiger partial charge is 0.310 e. The number of nitrogens with zero attached hydrogens (tertiary/aromatic N) is 1. The Kier molecular flexibility index (Phi) is 3.74. The van der Waals surface area contributed by atoms with Gasteiger partial charge < -0.3 is 9.98 Å². The first-order valence-corrected chi connectivity index (χ1v) is 11.1. The average Bonchev–Trinajstić information content (AvgIpc) is 3.22. The molecule has 152 valence electrons. The minimum Gasteiger partial charge on any atom is -0.310 e. The molecule has 0 radical (unpaired) electrons. The summed E-state index contributed by atoms with van der Waals surface area (Å²) in [4.78, 5) is 0. The molecule has 1 aromatic heterocycles. The highest BCUT2D eigenvalue weighted by atomic mass is 15.0. The minimum absolute atomic E-state index is 0.00528. The van der Waals surface area contributed by atoms with Crippen molar-refractivity contribution < 1.29 is 0 Å². The van der Waals surface area contributed by atoms with E-state index >= 15 is 0 Å². The van der Waals surface area contributed by atoms with E-state index in [1.165, 1.54) is 50.6 Å². The van der Waals surface area contributed by atoms with Gasteiger partial charge in [-0.1, -0.05) is 63.2 Å². The van der Waals surface area contributed by atoms with Crippen LogP contribution >= 0.6 is 0 Å². The summed E-state index contributed by atoms with van der Waals surface area (Å²) >= 11 is 0. The third kappa shape index (κ3) is 2.48. The molecule has 1 N–H and O–H groups in total. The fourth-order valence-corrected chi connectivity index (χ4v) is 5.63. The van der Waals surface area contributed by atoms with Crippen LogP contribution in [0.1, 0.15) is 48.7 Å². The quantitative estimate of drug-likeness (QED) is 0.345. The van der Waals surface area contributed by atoms with Crippen molar-refractivity contribution in [1.29, 1.82) is 5.41 Å². The molecular weight excluding hydrogens is 376 g/mol. The Balaban J connectivity index is 1.73. The molecule has 1 atom stereocenters. The molecule has 31 heavy (non-hydrogen) atoms. The maximum Gasteiger partial charge on any atom is 0.0544 e. The number of fused-ring (bicyclic) bond motifs is 6. The highest BCUT2D eigenvalue weighted by Crippen LogP contribution is 2.51. The van der Waals surface area contributed by atoms with Gasteiger partial charge in [0.15, 0.2) is 0 Å². The second kappa shape index (κ2) is 6.31. The number of hydrogen-bond donors (Lipinski definition) is 1. The van der Waals surface area contributed by atoms with E-state index < -0.39 is 0 Å². The second-order valence-electron chi connectivity index (χ2n) is 9.56. The molecule has 0 bridgehead atoms. The number of aromatic nitrogens is 1. The van der Waals surface area contributed by atoms with Crippen LogP contribution in [0.3, 0.4) is 0 Å². The van der Waals surface area contributed by atoms with Crippen molar-refractivity contribution in [2.24, 2.45) is 5.92 Å². The van der Waals surface area contributed by atoms with Crippen LogP contribution in [0, 0.1) is 11.3 Å². The van der Waals surface area contributed by atoms with Crippen LogP contribution in [0.25, 0.3) is 33.8 Å². The van der Waals surface area contributed by atoms with Crippen molar-refractivity contribution in [3.05, 3.63) is 94.7 Å². The molecule has 0 spiro atoms. The number of hydrogen-bond acceptors (Lipinski definition) is 1. The molecule has 6 rings (SSSR count). The van der Waals surface area contributed by atoms with E-state index in [0.29, 0.717) is 5.92 Å². The van der Waals surface area contributed by atoms with Crippen molar-refractivity contribution in [3.63, 3.8) is 0 Å². The van der Waals surface area contributed by atoms with E-state index in [9.17, 15) is 0 Å². The van der Waals surface area contributed by atoms with Crippen molar-refractivity contribution in [3.8, 4) is 16.8 Å². The smallest absolute Gasteiger partial charge is 0.0544 e. The van der Waals surface area contributed by atoms with Gasteiger partial charge in [0, 0.05) is 28.4 Å². The topological polar surface area (TPSA) is 28.8 Å². The second-order valence-corrected chi connectivity index (χ2v) is 9.56. The first-order valence-electron chi connectivity index (χ1n) is 11.1. The Labute approximate surface area is 183 Å². The third-order valence-electron chi connectivity index (χ3n) is 7.22. The van der Waals surface area contributed by atoms with E-state index in [-0.39, 0.29) is 5.41 Å². The maximum atomic E-state index is 7.72. The van der Waals surface area contributed by atoms with E-state index in [0.717, 1.165) is 17.7 Å². The standard InChI is InChI=1S/C29H26N2/c1-18-11-12-27-23(13-18)24-15-26-22(21-9-4-5-10-25(21)29(26,2)3)16-28(24)31(27)20-8-6-7-19(14-20)17-30/h4-12,14-18,30H,13H2,1-3H3. The van der Waals surface area contributed by atoms with Crippen LogP contribution in [0.5, 0.6) is 0 Å². The summed E-state index contributed by atoms with van der Waals surface area (Å²) in [7, 11) is 0. The molecule has 1 unspecified atom stereocenters. The molecule has 0 saturated heterocycles. The van der Waals surface area contributed by atoms with Crippen LogP contribution in [0.4, 0.5) is 0 Å². The van der Waals surface area contributed by atoms with Crippen LogP contribution in [0.15, 0.2) is 66.7 Å². The zero-order valence-electron chi connectivity index (χ0n) is 18.2. The van der Waals surface area contributed by atoms with Crippen LogP contribution in [-0.4, -0.2) is 10.8 Å². The normalized spacial score (nSPS) is 18.0. The third-order valence-corrected chi connectivity index (χ3v) is 7.22. The van der Waals surface area contributed by atoms with Crippen LogP contribution in [0.2, 0.25) is 0 Å². The molecule has 2 heteroatoms. The van der Waals surface area contributed by atoms with Crippen LogP contribution in [-0.2, 0) is 11.8 Å². The summed E-state index contributed by atoms with van der Waals surface area (Å²) in [6, 6.07) is 22.0. The summed E-state index contributed by atoms with van der Waals surface area (Å²) in [5.41, 5.74) is 11.6. The van der Waals surface area contributed by atoms with Gasteiger partial charge in [0.25, 0.3) is 0 Å². The predicted molar refractivity (Wildman–Crippen MR) is 131 cm³/mol. The SMILES string of the molecule is CC1C=Cc2c(c3cc4c(cc3n2-c2cccc(C=N)c2)-c2ccccc2C4(C)C)C1. The van der Waals surface area contributed by atoms with Gasteiger partial charge in [0.2, 0.25) is 0 Å². The maximum absolute atomic E-state index is 7.72. The Morgan fingerprint density at radius 3 is 2.65 bits per heavy atom. The fraction of sp³-hybridized carbons (Fsp3) is 0.207. The number of nitrogens with one attached hydrogen (secondary N) is 1. The van der Waals surface area contributed by atoms with Gasteiger partial charge >= 0.3 is 0 Å². The highest BCUT2D eigenvalue weighted by Gasteiger charge is 2.36. The van der Waals surface area contributed by atoms with E-state index in [1.807, 2.05) is 6.07 Å². The molecule has 0 amide bonds. The first-order chi connectivity index (χ1) is 15.0. The molecule has 2 aliphatic rings. The molecule has 0 fully saturated rings. The molecule has 2 nitrogen and oxygen atoms in total. The summed E-state index contributed by atoms with van der Waals surface area (Å²) < 4.78 is 2.40. The van der Waals surface area contributed by atoms with E-state index in [2.05, 4.69) is 92.1 Å². The zero-order chi connectivity index (χ0) is 21.3. The molecule has 0 saturated carbocycles. The monoisotopic (exact) mass is 402 g/mol. The Morgan fingerprint density at radius 1 is 0.968 bits per heavy atom. The van der Waals surface area contributed by atoms with Crippen molar-refractivity contribution in [1.82, 2.24) is 4.57 Å². The Bertz CT molecular complexity index is 1410. The Hall–Kier alpha value is -3.39. The lowest BCUT2D eigenvalue weighted by Gasteiger charge is -2.21. The zero-order valence-corrected chi connectivity index (χ0v) is 18.2. The molecule has 2 aliphatic carbocycles. The van der Waals surface area contributed by atoms with Gasteiger partial charge in [-0.05, 0) is 76.1 Å². The van der Waals surface area contributed by atoms with E-state index in [1.54, 1.807) is 0 Å². The summed E-state index contributed by atoms with van der Waals surface area (Å²) in [6.45, 7) is 7.00. The lowest BCUT2D eigenvalue weighted by atomic mass is 9.81. The van der Waals surface area contributed by atoms with Crippen molar-refractivity contribution >= 4 is 23.2 Å². The molecule has 0 aliphatic heterocycles. The molecule has 3 aromatic carbocycles. The number of benzene rings is 3. The van der Waals surface area contributed by atoms with Crippen molar-refractivity contribution in [2.45, 2.75) is 32.6 Å². The van der Waals surface area contributed by atoms with Gasteiger partial charge in [-0.2, -0.15) is 0 Å². The minimum atomic E-state index is 0.00528. The number of allylic oxidation sites excluding steroid dienone is 1. The lowest BCUT2D eigenvalue weighted by Crippen LogP contribution is -2.14. The van der Waals surface area contributed by atoms with Crippen LogP contribution < -0.4 is 0 Å². The van der Waals surface area contributed by atoms with Crippen molar-refractivity contribution in [2.75, 3.05) is 0 Å². The fourth-order valence-electron chi connectivity index (χ4n) is 5.63. The summed E-state index contributed by atoms with van der Waals surface area (Å²) in [6.07, 6.45) is 7.11. The van der Waals surface area contributed by atoms with Gasteiger partial charge in [-0.15, -0.1) is 0 Å². The molecular formula is C29H26N2. The van der Waals surface area contributed by atoms with Gasteiger partial charge in [-0.3, -0.25) is 0 Å².